The molecule has 0 bridgehead atoms. The molecule has 2 aromatic carbocycles. The average Bonchev–Trinajstić information content (AvgIpc) is 2.64. The molecule has 0 radical (unpaired) electrons. The largest absolute Gasteiger partial charge is 0.452 e. The van der Waals surface area contributed by atoms with E-state index in [4.69, 9.17) is 0 Å². The number of nitrogens with one attached hydrogen (secondary N) is 1. The van der Waals surface area contributed by atoms with Crippen molar-refractivity contribution in [3.63, 3.8) is 0 Å². The van der Waals surface area contributed by atoms with Gasteiger partial charge in [-0.25, -0.2) is 18.0 Å². The molecule has 2 rings (SSSR count). The van der Waals surface area contributed by atoms with Gasteiger partial charge in [0.1, 0.15) is 0 Å². The van der Waals surface area contributed by atoms with Gasteiger partial charge in [-0.05, 0) is 30.3 Å². The van der Waals surface area contributed by atoms with Crippen LogP contribution in [-0.4, -0.2) is 18.5 Å². The fraction of sp³-hybridized carbons (Fsp3) is 0.176. The Labute approximate surface area is 161 Å². The highest BCUT2D eigenvalue weighted by atomic mass is 19.4. The van der Waals surface area contributed by atoms with E-state index in [2.05, 4.69) is 4.74 Å². The number of benzene rings is 2. The maximum absolute atomic E-state index is 13.4. The average molecular weight is 445 g/mol. The summed E-state index contributed by atoms with van der Waals surface area (Å²) >= 11 is 0. The van der Waals surface area contributed by atoms with Crippen molar-refractivity contribution in [3.05, 3.63) is 64.5 Å². The molecule has 0 saturated heterocycles. The molecule has 30 heavy (non-hydrogen) atoms. The van der Waals surface area contributed by atoms with Gasteiger partial charge in [-0.3, -0.25) is 4.79 Å². The first kappa shape index (κ1) is 23.0. The number of carbonyl (C=O) groups is 2. The van der Waals surface area contributed by atoms with Crippen LogP contribution in [0.25, 0.3) is 0 Å². The summed E-state index contributed by atoms with van der Waals surface area (Å²) in [5, 5.41) is 1.70. The second-order valence-electron chi connectivity index (χ2n) is 5.64. The highest BCUT2D eigenvalue weighted by molar-refractivity contribution is 5.95. The van der Waals surface area contributed by atoms with Crippen molar-refractivity contribution in [1.29, 1.82) is 0 Å². The van der Waals surface area contributed by atoms with Crippen LogP contribution in [0.1, 0.15) is 21.5 Å². The molecule has 0 fully saturated rings. The third-order valence-corrected chi connectivity index (χ3v) is 3.47. The molecule has 0 atom stereocenters. The second kappa shape index (κ2) is 8.24. The number of carbonyl (C=O) groups excluding carboxylic acids is 2. The minimum absolute atomic E-state index is 0.0878. The molecule has 0 heterocycles. The second-order valence-corrected chi connectivity index (χ2v) is 5.64. The SMILES string of the molecule is O=C(COC(=O)c1cc(C(F)(F)F)cc(C(F)(F)F)c1)Nc1ccc(F)c(F)c1F. The molecule has 0 spiro atoms. The van der Waals surface area contributed by atoms with Crippen LogP contribution >= 0.6 is 0 Å². The fourth-order valence-corrected chi connectivity index (χ4v) is 2.10. The maximum Gasteiger partial charge on any atom is 0.416 e. The Kier molecular flexibility index (Phi) is 6.33. The quantitative estimate of drug-likeness (QED) is 0.412. The molecule has 1 amide bonds. The monoisotopic (exact) mass is 445 g/mol. The molecule has 0 aliphatic rings. The highest BCUT2D eigenvalue weighted by Crippen LogP contribution is 2.36. The minimum atomic E-state index is -5.21. The van der Waals surface area contributed by atoms with Crippen LogP contribution in [0.3, 0.4) is 0 Å². The van der Waals surface area contributed by atoms with Crippen LogP contribution < -0.4 is 5.32 Å². The first-order chi connectivity index (χ1) is 13.7. The van der Waals surface area contributed by atoms with Crippen molar-refractivity contribution in [3.8, 4) is 0 Å². The molecular weight excluding hydrogens is 437 g/mol. The van der Waals surface area contributed by atoms with Crippen molar-refractivity contribution < 1.29 is 53.8 Å². The predicted octanol–water partition coefficient (Wildman–Crippen LogP) is 4.94. The summed E-state index contributed by atoms with van der Waals surface area (Å²) in [6.07, 6.45) is -10.4. The number of hydrogen-bond acceptors (Lipinski definition) is 3. The first-order valence-electron chi connectivity index (χ1n) is 7.60. The molecule has 162 valence electrons. The number of rotatable bonds is 4. The topological polar surface area (TPSA) is 55.4 Å². The van der Waals surface area contributed by atoms with Crippen LogP contribution in [0.2, 0.25) is 0 Å². The van der Waals surface area contributed by atoms with Gasteiger partial charge >= 0.3 is 18.3 Å². The lowest BCUT2D eigenvalue weighted by atomic mass is 10.0. The van der Waals surface area contributed by atoms with Gasteiger partial charge in [-0.2, -0.15) is 26.3 Å². The van der Waals surface area contributed by atoms with Crippen molar-refractivity contribution in [1.82, 2.24) is 0 Å². The van der Waals surface area contributed by atoms with Gasteiger partial charge in [0.25, 0.3) is 5.91 Å². The number of esters is 1. The van der Waals surface area contributed by atoms with Gasteiger partial charge in [0.05, 0.1) is 22.4 Å². The number of amides is 1. The Balaban J connectivity index is 2.16. The minimum Gasteiger partial charge on any atom is -0.452 e. The van der Waals surface area contributed by atoms with Crippen LogP contribution in [0.15, 0.2) is 30.3 Å². The van der Waals surface area contributed by atoms with Crippen molar-refractivity contribution in [2.24, 2.45) is 0 Å². The highest BCUT2D eigenvalue weighted by Gasteiger charge is 2.37. The number of anilines is 1. The molecular formula is C17H8F9NO3. The third-order valence-electron chi connectivity index (χ3n) is 3.47. The van der Waals surface area contributed by atoms with Crippen LogP contribution in [0, 0.1) is 17.5 Å². The summed E-state index contributed by atoms with van der Waals surface area (Å²) in [7, 11) is 0. The molecule has 0 aliphatic heterocycles. The summed E-state index contributed by atoms with van der Waals surface area (Å²) < 4.78 is 120. The van der Waals surface area contributed by atoms with E-state index in [0.717, 1.165) is 0 Å². The van der Waals surface area contributed by atoms with Crippen LogP contribution in [-0.2, 0) is 21.9 Å². The molecule has 4 nitrogen and oxygen atoms in total. The zero-order valence-corrected chi connectivity index (χ0v) is 14.2. The third kappa shape index (κ3) is 5.42. The smallest absolute Gasteiger partial charge is 0.416 e. The number of halogens is 9. The van der Waals surface area contributed by atoms with Crippen molar-refractivity contribution >= 4 is 17.6 Å². The van der Waals surface area contributed by atoms with Crippen LogP contribution in [0.4, 0.5) is 45.2 Å². The lowest BCUT2D eigenvalue weighted by Gasteiger charge is -2.14. The molecule has 0 aliphatic carbocycles. The van der Waals surface area contributed by atoms with E-state index < -0.39 is 70.7 Å². The lowest BCUT2D eigenvalue weighted by Crippen LogP contribution is -2.22. The molecule has 0 aromatic heterocycles. The van der Waals surface area contributed by atoms with E-state index in [1.54, 1.807) is 5.32 Å². The Bertz CT molecular complexity index is 951. The van der Waals surface area contributed by atoms with Crippen molar-refractivity contribution in [2.45, 2.75) is 12.4 Å². The molecule has 1 N–H and O–H groups in total. The summed E-state index contributed by atoms with van der Waals surface area (Å²) in [6.45, 7) is -1.27. The van der Waals surface area contributed by atoms with E-state index >= 15 is 0 Å². The van der Waals surface area contributed by atoms with E-state index in [1.165, 1.54) is 0 Å². The molecule has 0 saturated carbocycles. The summed E-state index contributed by atoms with van der Waals surface area (Å²) in [5.74, 6) is -8.28. The fourth-order valence-electron chi connectivity index (χ4n) is 2.10. The number of ether oxygens (including phenoxy) is 1. The van der Waals surface area contributed by atoms with E-state index in [9.17, 15) is 49.1 Å². The van der Waals surface area contributed by atoms with E-state index in [-0.39, 0.29) is 18.2 Å². The Hall–Kier alpha value is -3.25. The standard InChI is InChI=1S/C17H8F9NO3/c18-10-1-2-11(14(20)13(10)19)27-12(28)6-30-15(29)7-3-8(16(21,22)23)5-9(4-7)17(24,25)26/h1-5H,6H2,(H,27,28). The van der Waals surface area contributed by atoms with Crippen LogP contribution in [0.5, 0.6) is 0 Å². The summed E-state index contributed by atoms with van der Waals surface area (Å²) in [4.78, 5) is 23.4. The van der Waals surface area contributed by atoms with E-state index in [0.29, 0.717) is 12.1 Å². The molecule has 13 heteroatoms. The Morgan fingerprint density at radius 3 is 1.87 bits per heavy atom. The number of alkyl halides is 6. The molecule has 0 unspecified atom stereocenters. The Morgan fingerprint density at radius 1 is 0.833 bits per heavy atom. The summed E-state index contributed by atoms with van der Waals surface area (Å²) in [6, 6.07) is 1.07. The zero-order valence-electron chi connectivity index (χ0n) is 14.2. The van der Waals surface area contributed by atoms with Gasteiger partial charge in [-0.15, -0.1) is 0 Å². The van der Waals surface area contributed by atoms with Gasteiger partial charge < -0.3 is 10.1 Å². The van der Waals surface area contributed by atoms with E-state index in [1.807, 2.05) is 0 Å². The van der Waals surface area contributed by atoms with Gasteiger partial charge in [0.15, 0.2) is 24.1 Å². The lowest BCUT2D eigenvalue weighted by molar-refractivity contribution is -0.143. The normalized spacial score (nSPS) is 11.9. The number of hydrogen-bond donors (Lipinski definition) is 1. The van der Waals surface area contributed by atoms with Gasteiger partial charge in [0, 0.05) is 0 Å². The Morgan fingerprint density at radius 2 is 1.37 bits per heavy atom. The molecule has 2 aromatic rings. The first-order valence-corrected chi connectivity index (χ1v) is 7.60. The maximum atomic E-state index is 13.4. The summed E-state index contributed by atoms with van der Waals surface area (Å²) in [5.41, 5.74) is -5.55. The predicted molar refractivity (Wildman–Crippen MR) is 81.7 cm³/mol. The zero-order chi connectivity index (χ0) is 22.9. The van der Waals surface area contributed by atoms with Gasteiger partial charge in [0.2, 0.25) is 0 Å². The van der Waals surface area contributed by atoms with Crippen molar-refractivity contribution in [2.75, 3.05) is 11.9 Å². The van der Waals surface area contributed by atoms with Gasteiger partial charge in [-0.1, -0.05) is 0 Å².